The predicted octanol–water partition coefficient (Wildman–Crippen LogP) is 4.38. The van der Waals surface area contributed by atoms with E-state index in [2.05, 4.69) is 27.4 Å². The second-order valence-electron chi connectivity index (χ2n) is 7.05. The number of anilines is 1. The summed E-state index contributed by atoms with van der Waals surface area (Å²) >= 11 is 1.64. The minimum Gasteiger partial charge on any atom is -0.391 e. The first-order chi connectivity index (χ1) is 13.8. The van der Waals surface area contributed by atoms with E-state index in [1.165, 1.54) is 0 Å². The largest absolute Gasteiger partial charge is 0.391 e. The van der Waals surface area contributed by atoms with Gasteiger partial charge >= 0.3 is 0 Å². The number of rotatable bonds is 3. The van der Waals surface area contributed by atoms with Crippen LogP contribution in [0.5, 0.6) is 0 Å². The van der Waals surface area contributed by atoms with Crippen molar-refractivity contribution in [3.63, 3.8) is 0 Å². The van der Waals surface area contributed by atoms with Crippen molar-refractivity contribution < 1.29 is 5.11 Å². The summed E-state index contributed by atoms with van der Waals surface area (Å²) in [5, 5.41) is 13.5. The molecule has 1 atom stereocenters. The van der Waals surface area contributed by atoms with Gasteiger partial charge in [-0.1, -0.05) is 30.3 Å². The third-order valence-corrected chi connectivity index (χ3v) is 5.99. The second kappa shape index (κ2) is 7.30. The Kier molecular flexibility index (Phi) is 4.50. The molecule has 1 saturated heterocycles. The van der Waals surface area contributed by atoms with Gasteiger partial charge in [-0.15, -0.1) is 11.3 Å². The molecule has 0 amide bonds. The molecule has 1 aliphatic heterocycles. The van der Waals surface area contributed by atoms with E-state index in [9.17, 15) is 5.11 Å². The Balaban J connectivity index is 1.73. The molecule has 6 heteroatoms. The van der Waals surface area contributed by atoms with Crippen LogP contribution in [0.15, 0.2) is 60.2 Å². The number of aromatic nitrogens is 3. The minimum absolute atomic E-state index is 0.320. The van der Waals surface area contributed by atoms with E-state index in [1.807, 2.05) is 30.3 Å². The number of piperidine rings is 1. The fraction of sp³-hybridized carbons (Fsp3) is 0.227. The number of thiophene rings is 1. The van der Waals surface area contributed by atoms with E-state index in [4.69, 9.17) is 9.97 Å². The second-order valence-corrected chi connectivity index (χ2v) is 7.91. The molecule has 0 spiro atoms. The number of aliphatic hydroxyl groups excluding tert-OH is 1. The quantitative estimate of drug-likeness (QED) is 0.564. The van der Waals surface area contributed by atoms with E-state index < -0.39 is 0 Å². The number of hydrogen-bond donors (Lipinski definition) is 1. The number of hydrogen-bond acceptors (Lipinski definition) is 6. The smallest absolute Gasteiger partial charge is 0.164 e. The maximum absolute atomic E-state index is 10.2. The molecular weight excluding hydrogens is 368 g/mol. The van der Waals surface area contributed by atoms with Gasteiger partial charge in [0.1, 0.15) is 10.6 Å². The topological polar surface area (TPSA) is 62.1 Å². The maximum Gasteiger partial charge on any atom is 0.164 e. The zero-order valence-corrected chi connectivity index (χ0v) is 16.1. The van der Waals surface area contributed by atoms with Crippen molar-refractivity contribution in [1.29, 1.82) is 0 Å². The monoisotopic (exact) mass is 388 g/mol. The highest BCUT2D eigenvalue weighted by Crippen LogP contribution is 2.40. The molecule has 140 valence electrons. The zero-order valence-electron chi connectivity index (χ0n) is 15.3. The Morgan fingerprint density at radius 3 is 2.68 bits per heavy atom. The summed E-state index contributed by atoms with van der Waals surface area (Å²) in [6.07, 6.45) is 5.03. The van der Waals surface area contributed by atoms with Gasteiger partial charge in [-0.3, -0.25) is 4.98 Å². The van der Waals surface area contributed by atoms with Gasteiger partial charge in [0.25, 0.3) is 0 Å². The van der Waals surface area contributed by atoms with Gasteiger partial charge in [-0.05, 0) is 30.5 Å². The highest BCUT2D eigenvalue weighted by molar-refractivity contribution is 7.17. The van der Waals surface area contributed by atoms with Crippen LogP contribution in [0.2, 0.25) is 0 Å². The molecule has 0 aliphatic carbocycles. The van der Waals surface area contributed by atoms with Crippen LogP contribution >= 0.6 is 11.3 Å². The molecule has 5 nitrogen and oxygen atoms in total. The van der Waals surface area contributed by atoms with Crippen LogP contribution in [0.4, 0.5) is 5.82 Å². The highest BCUT2D eigenvalue weighted by atomic mass is 32.1. The first kappa shape index (κ1) is 17.3. The zero-order chi connectivity index (χ0) is 18.9. The van der Waals surface area contributed by atoms with Crippen LogP contribution in [0.1, 0.15) is 12.8 Å². The van der Waals surface area contributed by atoms with E-state index in [1.54, 1.807) is 23.7 Å². The van der Waals surface area contributed by atoms with Gasteiger partial charge in [0.15, 0.2) is 5.82 Å². The van der Waals surface area contributed by atoms with Gasteiger partial charge < -0.3 is 10.0 Å². The third-order valence-electron chi connectivity index (χ3n) is 5.12. The lowest BCUT2D eigenvalue weighted by atomic mass is 10.0. The molecule has 4 aromatic rings. The molecule has 1 N–H and O–H groups in total. The van der Waals surface area contributed by atoms with Gasteiger partial charge in [0, 0.05) is 42.0 Å². The normalized spacial score (nSPS) is 17.2. The van der Waals surface area contributed by atoms with Crippen molar-refractivity contribution in [3.05, 3.63) is 60.2 Å². The van der Waals surface area contributed by atoms with Crippen molar-refractivity contribution in [2.45, 2.75) is 18.9 Å². The summed E-state index contributed by atoms with van der Waals surface area (Å²) in [4.78, 5) is 17.2. The summed E-state index contributed by atoms with van der Waals surface area (Å²) < 4.78 is 0. The molecular formula is C22H20N4OS. The summed E-state index contributed by atoms with van der Waals surface area (Å²) in [5.41, 5.74) is 3.21. The SMILES string of the molecule is O[C@@H]1CCCN(c2nc(-c3cccnc3)nc3scc(-c4ccccc4)c23)C1. The Morgan fingerprint density at radius 2 is 1.89 bits per heavy atom. The summed E-state index contributed by atoms with van der Waals surface area (Å²) in [6, 6.07) is 14.2. The van der Waals surface area contributed by atoms with E-state index in [0.717, 1.165) is 52.1 Å². The predicted molar refractivity (Wildman–Crippen MR) is 114 cm³/mol. The van der Waals surface area contributed by atoms with Crippen LogP contribution in [-0.2, 0) is 0 Å². The minimum atomic E-state index is -0.320. The fourth-order valence-electron chi connectivity index (χ4n) is 3.75. The van der Waals surface area contributed by atoms with Crippen molar-refractivity contribution in [2.75, 3.05) is 18.0 Å². The number of nitrogens with zero attached hydrogens (tertiary/aromatic N) is 4. The Labute approximate surface area is 167 Å². The van der Waals surface area contributed by atoms with Gasteiger partial charge in [-0.2, -0.15) is 0 Å². The van der Waals surface area contributed by atoms with Crippen LogP contribution in [0, 0.1) is 0 Å². The summed E-state index contributed by atoms with van der Waals surface area (Å²) in [7, 11) is 0. The number of β-amino-alcohol motifs (C(OH)–C–C–N with tert-alkyl or cyclic N) is 1. The van der Waals surface area contributed by atoms with Crippen LogP contribution in [0.25, 0.3) is 32.7 Å². The molecule has 0 radical (unpaired) electrons. The summed E-state index contributed by atoms with van der Waals surface area (Å²) in [6.45, 7) is 1.49. The van der Waals surface area contributed by atoms with Crippen molar-refractivity contribution >= 4 is 27.4 Å². The van der Waals surface area contributed by atoms with Gasteiger partial charge in [0.2, 0.25) is 0 Å². The maximum atomic E-state index is 10.2. The molecule has 28 heavy (non-hydrogen) atoms. The van der Waals surface area contributed by atoms with Crippen molar-refractivity contribution in [2.24, 2.45) is 0 Å². The molecule has 0 bridgehead atoms. The fourth-order valence-corrected chi connectivity index (χ4v) is 4.70. The van der Waals surface area contributed by atoms with Gasteiger partial charge in [-0.25, -0.2) is 9.97 Å². The molecule has 1 fully saturated rings. The van der Waals surface area contributed by atoms with Gasteiger partial charge in [0.05, 0.1) is 11.5 Å². The Morgan fingerprint density at radius 1 is 1.04 bits per heavy atom. The number of benzene rings is 1. The lowest BCUT2D eigenvalue weighted by molar-refractivity contribution is 0.154. The van der Waals surface area contributed by atoms with Crippen LogP contribution in [-0.4, -0.2) is 39.3 Å². The molecule has 4 heterocycles. The number of fused-ring (bicyclic) bond motifs is 1. The van der Waals surface area contributed by atoms with E-state index in [-0.39, 0.29) is 6.10 Å². The molecule has 0 unspecified atom stereocenters. The molecule has 1 aromatic carbocycles. The van der Waals surface area contributed by atoms with E-state index >= 15 is 0 Å². The average Bonchev–Trinajstić information content (AvgIpc) is 3.18. The standard InChI is InChI=1S/C22H20N4OS/c27-17-9-5-11-26(13-17)21-19-18(15-6-2-1-3-7-15)14-28-22(19)25-20(24-21)16-8-4-10-23-12-16/h1-4,6-8,10,12,14,17,27H,5,9,11,13H2/t17-/m1/s1. The lowest BCUT2D eigenvalue weighted by Crippen LogP contribution is -2.38. The highest BCUT2D eigenvalue weighted by Gasteiger charge is 2.24. The Bertz CT molecular complexity index is 1100. The molecule has 5 rings (SSSR count). The average molecular weight is 388 g/mol. The number of aliphatic hydroxyl groups is 1. The summed E-state index contributed by atoms with van der Waals surface area (Å²) in [5.74, 6) is 1.58. The Hall–Kier alpha value is -2.83. The van der Waals surface area contributed by atoms with Crippen LogP contribution in [0.3, 0.4) is 0 Å². The molecule has 3 aromatic heterocycles. The van der Waals surface area contributed by atoms with Crippen LogP contribution < -0.4 is 4.90 Å². The van der Waals surface area contributed by atoms with Crippen molar-refractivity contribution in [1.82, 2.24) is 15.0 Å². The number of pyridine rings is 1. The molecule has 1 aliphatic rings. The molecule has 0 saturated carbocycles. The first-order valence-corrected chi connectivity index (χ1v) is 10.4. The van der Waals surface area contributed by atoms with Crippen molar-refractivity contribution in [3.8, 4) is 22.5 Å². The third kappa shape index (κ3) is 3.15. The van der Waals surface area contributed by atoms with E-state index in [0.29, 0.717) is 12.4 Å². The lowest BCUT2D eigenvalue weighted by Gasteiger charge is -2.31. The first-order valence-electron chi connectivity index (χ1n) is 9.47.